The van der Waals surface area contributed by atoms with Gasteiger partial charge in [0.15, 0.2) is 12.2 Å². The van der Waals surface area contributed by atoms with Gasteiger partial charge < -0.3 is 19.9 Å². The lowest BCUT2D eigenvalue weighted by Crippen LogP contribution is -2.53. The van der Waals surface area contributed by atoms with Crippen LogP contribution in [0.4, 0.5) is 0 Å². The first-order valence-electron chi connectivity index (χ1n) is 14.4. The van der Waals surface area contributed by atoms with Gasteiger partial charge in [0.1, 0.15) is 0 Å². The third-order valence-electron chi connectivity index (χ3n) is 8.32. The van der Waals surface area contributed by atoms with Crippen LogP contribution in [0.15, 0.2) is 48.5 Å². The summed E-state index contributed by atoms with van der Waals surface area (Å²) in [5.41, 5.74) is 1.19. The molecule has 0 saturated carbocycles. The predicted molar refractivity (Wildman–Crippen MR) is 147 cm³/mol. The molecule has 230 valence electrons. The summed E-state index contributed by atoms with van der Waals surface area (Å²) < 4.78 is 0. The molecule has 6 rings (SSSR count). The number of piperidine rings is 2. The fraction of sp³-hybridized carbons (Fsp3) is 0.400. The van der Waals surface area contributed by atoms with Crippen LogP contribution in [0.3, 0.4) is 0 Å². The Hall–Kier alpha value is -4.50. The van der Waals surface area contributed by atoms with Gasteiger partial charge in [0.05, 0.1) is 47.4 Å². The van der Waals surface area contributed by atoms with Crippen LogP contribution in [-0.4, -0.2) is 116 Å². The Morgan fingerprint density at radius 3 is 1.25 bits per heavy atom. The number of rotatable bonds is 7. The molecule has 4 aliphatic heterocycles. The fourth-order valence-corrected chi connectivity index (χ4v) is 6.13. The topological polar surface area (TPSA) is 174 Å². The number of carbonyl (C=O) groups is 6. The van der Waals surface area contributed by atoms with Crippen LogP contribution in [0.1, 0.15) is 67.1 Å². The summed E-state index contributed by atoms with van der Waals surface area (Å²) in [5.74, 6) is -4.40. The number of carbonyl (C=O) groups excluding carboxylic acids is 6. The molecule has 2 unspecified atom stereocenters. The first-order chi connectivity index (χ1) is 21.2. The summed E-state index contributed by atoms with van der Waals surface area (Å²) in [6.45, 7) is 0.451. The maximum atomic E-state index is 12.9. The van der Waals surface area contributed by atoms with Gasteiger partial charge in [0, 0.05) is 13.1 Å². The van der Waals surface area contributed by atoms with Gasteiger partial charge in [-0.1, -0.05) is 24.3 Å². The highest BCUT2D eigenvalue weighted by molar-refractivity contribution is 6.22. The molecule has 0 aromatic heterocycles. The van der Waals surface area contributed by atoms with Crippen LogP contribution in [-0.2, 0) is 19.3 Å². The van der Waals surface area contributed by atoms with Gasteiger partial charge in [-0.25, -0.2) is 9.59 Å². The van der Waals surface area contributed by atoms with E-state index in [9.17, 15) is 39.0 Å². The van der Waals surface area contributed by atoms with E-state index in [4.69, 9.17) is 9.68 Å². The van der Waals surface area contributed by atoms with Crippen molar-refractivity contribution in [2.75, 3.05) is 26.2 Å². The van der Waals surface area contributed by atoms with Gasteiger partial charge in [0.25, 0.3) is 23.6 Å². The predicted octanol–water partition coefficient (Wildman–Crippen LogP) is 0.146. The normalized spacial score (nSPS) is 23.8. The van der Waals surface area contributed by atoms with Crippen LogP contribution < -0.4 is 0 Å². The van der Waals surface area contributed by atoms with Gasteiger partial charge in [0.2, 0.25) is 0 Å². The fourth-order valence-electron chi connectivity index (χ4n) is 6.13. The van der Waals surface area contributed by atoms with Crippen LogP contribution in [0, 0.1) is 0 Å². The van der Waals surface area contributed by atoms with Crippen molar-refractivity contribution >= 4 is 35.6 Å². The maximum absolute atomic E-state index is 12.9. The minimum Gasteiger partial charge on any atom is -0.379 e. The molecule has 14 heteroatoms. The summed E-state index contributed by atoms with van der Waals surface area (Å²) in [7, 11) is 0. The van der Waals surface area contributed by atoms with Gasteiger partial charge in [-0.2, -0.15) is 0 Å². The summed E-state index contributed by atoms with van der Waals surface area (Å²) in [6, 6.07) is 11.8. The number of hydrogen-bond donors (Lipinski definition) is 2. The Kier molecular flexibility index (Phi) is 7.98. The molecule has 4 heterocycles. The molecule has 44 heavy (non-hydrogen) atoms. The molecule has 2 saturated heterocycles. The van der Waals surface area contributed by atoms with E-state index < -0.39 is 59.9 Å². The number of imide groups is 2. The first kappa shape index (κ1) is 29.6. The number of benzene rings is 2. The highest BCUT2D eigenvalue weighted by Crippen LogP contribution is 2.29. The Morgan fingerprint density at radius 1 is 0.614 bits per heavy atom. The molecule has 0 spiro atoms. The minimum absolute atomic E-state index is 0.0164. The van der Waals surface area contributed by atoms with E-state index in [-0.39, 0.29) is 26.2 Å². The highest BCUT2D eigenvalue weighted by Gasteiger charge is 2.44. The lowest BCUT2D eigenvalue weighted by Gasteiger charge is -2.36. The standard InChI is InChI=1S/C30H30N4O10/c35-23(29(41)43-31-13-5-7-17(15-31)33-25(37)19-9-1-2-10-20(19)26(33)38)24(36)30(42)44-32-14-6-8-18(16-32)34-27(39)21-11-3-4-12-22(21)28(34)40/h1-4,9-12,17-18,23-24,35-36H,5-8,13-16H2/t17-,18-,23?,24?/m0/s1. The largest absolute Gasteiger partial charge is 0.379 e. The zero-order valence-corrected chi connectivity index (χ0v) is 23.5. The molecule has 2 fully saturated rings. The van der Waals surface area contributed by atoms with Crippen LogP contribution in [0.5, 0.6) is 0 Å². The van der Waals surface area contributed by atoms with Crippen molar-refractivity contribution in [1.82, 2.24) is 19.9 Å². The van der Waals surface area contributed by atoms with E-state index in [0.29, 0.717) is 47.9 Å². The van der Waals surface area contributed by atoms with E-state index in [1.165, 1.54) is 10.1 Å². The number of fused-ring (bicyclic) bond motifs is 2. The first-order valence-corrected chi connectivity index (χ1v) is 14.4. The lowest BCUT2D eigenvalue weighted by atomic mass is 10.1. The van der Waals surface area contributed by atoms with Crippen molar-refractivity contribution in [1.29, 1.82) is 0 Å². The monoisotopic (exact) mass is 606 g/mol. The Bertz CT molecular complexity index is 1360. The Morgan fingerprint density at radius 2 is 0.932 bits per heavy atom. The van der Waals surface area contributed by atoms with Crippen molar-refractivity contribution < 1.29 is 48.7 Å². The highest BCUT2D eigenvalue weighted by atomic mass is 16.7. The SMILES string of the molecule is O=C(ON1CCC[C@H](N2C(=O)c3ccccc3C2=O)C1)C(O)C(O)C(=O)ON1CCC[C@H](N2C(=O)c3ccccc3C2=O)C1. The molecule has 2 N–H and O–H groups in total. The third-order valence-corrected chi connectivity index (χ3v) is 8.32. The molecule has 2 aromatic carbocycles. The van der Waals surface area contributed by atoms with Gasteiger partial charge in [-0.15, -0.1) is 10.1 Å². The number of aliphatic hydroxyl groups is 2. The second kappa shape index (κ2) is 11.9. The van der Waals surface area contributed by atoms with Crippen LogP contribution in [0.2, 0.25) is 0 Å². The molecular formula is C30H30N4O10. The van der Waals surface area contributed by atoms with Crippen molar-refractivity contribution in [2.45, 2.75) is 50.0 Å². The van der Waals surface area contributed by atoms with E-state index in [2.05, 4.69) is 0 Å². The van der Waals surface area contributed by atoms with Crippen molar-refractivity contribution in [2.24, 2.45) is 0 Å². The van der Waals surface area contributed by atoms with Crippen molar-refractivity contribution in [3.8, 4) is 0 Å². The molecule has 0 aliphatic carbocycles. The molecule has 4 atom stereocenters. The van der Waals surface area contributed by atoms with Gasteiger partial charge in [-0.3, -0.25) is 29.0 Å². The van der Waals surface area contributed by atoms with Crippen molar-refractivity contribution in [3.05, 3.63) is 70.8 Å². The summed E-state index contributed by atoms with van der Waals surface area (Å²) in [4.78, 5) is 89.5. The molecular weight excluding hydrogens is 576 g/mol. The van der Waals surface area contributed by atoms with Crippen LogP contribution >= 0.6 is 0 Å². The van der Waals surface area contributed by atoms with Gasteiger partial charge >= 0.3 is 11.9 Å². The second-order valence-corrected chi connectivity index (χ2v) is 11.1. The Balaban J connectivity index is 1.02. The Labute approximate surface area is 251 Å². The zero-order valence-electron chi connectivity index (χ0n) is 23.5. The maximum Gasteiger partial charge on any atom is 0.357 e. The molecule has 0 bridgehead atoms. The van der Waals surface area contributed by atoms with Crippen LogP contribution in [0.25, 0.3) is 0 Å². The average molecular weight is 607 g/mol. The number of hydrogen-bond acceptors (Lipinski definition) is 12. The molecule has 0 radical (unpaired) electrons. The smallest absolute Gasteiger partial charge is 0.357 e. The molecule has 14 nitrogen and oxygen atoms in total. The van der Waals surface area contributed by atoms with E-state index in [1.54, 1.807) is 48.5 Å². The van der Waals surface area contributed by atoms with Gasteiger partial charge in [-0.05, 0) is 49.9 Å². The average Bonchev–Trinajstić information content (AvgIpc) is 3.44. The van der Waals surface area contributed by atoms with Crippen molar-refractivity contribution in [3.63, 3.8) is 0 Å². The van der Waals surface area contributed by atoms with E-state index in [1.807, 2.05) is 0 Å². The van der Waals surface area contributed by atoms with E-state index >= 15 is 0 Å². The summed E-state index contributed by atoms with van der Waals surface area (Å²) in [5, 5.41) is 23.2. The number of nitrogens with zero attached hydrogens (tertiary/aromatic N) is 4. The summed E-state index contributed by atoms with van der Waals surface area (Å²) in [6.07, 6.45) is -2.69. The molecule has 4 amide bonds. The minimum atomic E-state index is -2.29. The lowest BCUT2D eigenvalue weighted by molar-refractivity contribution is -0.224. The van der Waals surface area contributed by atoms with E-state index in [0.717, 1.165) is 9.80 Å². The number of hydroxylamine groups is 4. The number of aliphatic hydroxyl groups excluding tert-OH is 2. The number of amides is 4. The third kappa shape index (κ3) is 5.26. The second-order valence-electron chi connectivity index (χ2n) is 11.1. The molecule has 4 aliphatic rings. The molecule has 2 aromatic rings. The zero-order chi connectivity index (χ0) is 31.1. The summed E-state index contributed by atoms with van der Waals surface area (Å²) >= 11 is 0. The quantitative estimate of drug-likeness (QED) is 0.409.